The van der Waals surface area contributed by atoms with Crippen LogP contribution in [0, 0.1) is 0 Å². The van der Waals surface area contributed by atoms with E-state index < -0.39 is 5.97 Å². The smallest absolute Gasteiger partial charge is 0.338 e. The third kappa shape index (κ3) is 4.01. The molecule has 0 saturated heterocycles. The number of urea groups is 1. The van der Waals surface area contributed by atoms with Crippen molar-refractivity contribution in [2.45, 2.75) is 0 Å². The fourth-order valence-electron chi connectivity index (χ4n) is 1.22. The van der Waals surface area contributed by atoms with Crippen molar-refractivity contribution in [3.05, 3.63) is 17.0 Å². The van der Waals surface area contributed by atoms with E-state index in [0.29, 0.717) is 11.5 Å². The lowest BCUT2D eigenvalue weighted by Crippen LogP contribution is -2.36. The van der Waals surface area contributed by atoms with Gasteiger partial charge in [-0.3, -0.25) is 5.32 Å². The number of amides is 2. The zero-order valence-electron chi connectivity index (χ0n) is 10.6. The Morgan fingerprint density at radius 1 is 1.33 bits per heavy atom. The Morgan fingerprint density at radius 3 is 2.56 bits per heavy atom. The number of likely N-dealkylation sites (N-methyl/N-ethyl adjacent to an activating group) is 2. The van der Waals surface area contributed by atoms with Crippen molar-refractivity contribution in [3.8, 4) is 0 Å². The minimum absolute atomic E-state index is 0.120. The second-order valence-electron chi connectivity index (χ2n) is 4.12. The predicted molar refractivity (Wildman–Crippen MR) is 71.5 cm³/mol. The van der Waals surface area contributed by atoms with Crippen molar-refractivity contribution in [2.24, 2.45) is 0 Å². The maximum atomic E-state index is 11.8. The Kier molecular flexibility index (Phi) is 5.11. The first kappa shape index (κ1) is 14.5. The van der Waals surface area contributed by atoms with Gasteiger partial charge < -0.3 is 14.9 Å². The molecule has 0 aliphatic rings. The first-order chi connectivity index (χ1) is 8.41. The number of nitrogens with one attached hydrogen (secondary N) is 1. The van der Waals surface area contributed by atoms with Crippen molar-refractivity contribution in [3.63, 3.8) is 0 Å². The fraction of sp³-hybridized carbons (Fsp3) is 0.455. The van der Waals surface area contributed by atoms with Crippen LogP contribution < -0.4 is 5.32 Å². The Labute approximate surface area is 110 Å². The number of hydrogen-bond acceptors (Lipinski definition) is 4. The largest absolute Gasteiger partial charge is 0.478 e. The van der Waals surface area contributed by atoms with Crippen LogP contribution in [0.3, 0.4) is 0 Å². The highest BCUT2D eigenvalue weighted by Gasteiger charge is 2.15. The first-order valence-electron chi connectivity index (χ1n) is 5.39. The molecular weight excluding hydrogens is 254 g/mol. The number of carboxylic acid groups (broad SMARTS) is 1. The van der Waals surface area contributed by atoms with Gasteiger partial charge in [0.05, 0.1) is 5.56 Å². The van der Waals surface area contributed by atoms with Gasteiger partial charge in [0.2, 0.25) is 0 Å². The summed E-state index contributed by atoms with van der Waals surface area (Å²) in [6, 6.07) is 1.17. The number of carbonyl (C=O) groups excluding carboxylic acids is 1. The van der Waals surface area contributed by atoms with Gasteiger partial charge in [-0.2, -0.15) is 0 Å². The Bertz CT molecular complexity index is 431. The molecule has 0 radical (unpaired) electrons. The van der Waals surface area contributed by atoms with Gasteiger partial charge >= 0.3 is 12.0 Å². The molecule has 1 aromatic heterocycles. The number of carboxylic acids is 1. The number of thiophene rings is 1. The molecule has 0 unspecified atom stereocenters. The number of carbonyl (C=O) groups is 2. The van der Waals surface area contributed by atoms with Gasteiger partial charge in [-0.1, -0.05) is 0 Å². The molecule has 0 aliphatic carbocycles. The van der Waals surface area contributed by atoms with Crippen LogP contribution in [-0.4, -0.2) is 61.1 Å². The van der Waals surface area contributed by atoms with Crippen LogP contribution in [0.15, 0.2) is 11.4 Å². The lowest BCUT2D eigenvalue weighted by Gasteiger charge is -2.19. The topological polar surface area (TPSA) is 72.9 Å². The molecule has 18 heavy (non-hydrogen) atoms. The Hall–Kier alpha value is -1.60. The zero-order chi connectivity index (χ0) is 13.7. The normalized spacial score (nSPS) is 10.4. The Morgan fingerprint density at radius 2 is 2.00 bits per heavy atom. The molecule has 0 fully saturated rings. The zero-order valence-corrected chi connectivity index (χ0v) is 11.5. The molecule has 7 heteroatoms. The minimum Gasteiger partial charge on any atom is -0.478 e. The summed E-state index contributed by atoms with van der Waals surface area (Å²) in [5.41, 5.74) is 0.120. The molecule has 100 valence electrons. The predicted octanol–water partition coefficient (Wildman–Crippen LogP) is 1.47. The van der Waals surface area contributed by atoms with Crippen LogP contribution in [0.2, 0.25) is 0 Å². The Balaban J connectivity index is 2.58. The number of hydrogen-bond donors (Lipinski definition) is 2. The SMILES string of the molecule is CN(C)CCN(C)C(=O)Nc1sccc1C(=O)O. The summed E-state index contributed by atoms with van der Waals surface area (Å²) in [6.07, 6.45) is 0. The van der Waals surface area contributed by atoms with Gasteiger partial charge in [-0.15, -0.1) is 11.3 Å². The van der Waals surface area contributed by atoms with E-state index in [4.69, 9.17) is 5.11 Å². The summed E-state index contributed by atoms with van der Waals surface area (Å²) >= 11 is 1.20. The molecule has 0 spiro atoms. The second kappa shape index (κ2) is 6.36. The second-order valence-corrected chi connectivity index (χ2v) is 5.04. The van der Waals surface area contributed by atoms with Crippen molar-refractivity contribution in [1.29, 1.82) is 0 Å². The number of aromatic carboxylic acids is 1. The monoisotopic (exact) mass is 271 g/mol. The number of anilines is 1. The first-order valence-corrected chi connectivity index (χ1v) is 6.27. The highest BCUT2D eigenvalue weighted by molar-refractivity contribution is 7.14. The lowest BCUT2D eigenvalue weighted by atomic mass is 10.3. The summed E-state index contributed by atoms with van der Waals surface area (Å²) in [4.78, 5) is 26.2. The van der Waals surface area contributed by atoms with Gasteiger partial charge in [0, 0.05) is 20.1 Å². The van der Waals surface area contributed by atoms with Gasteiger partial charge in [0.1, 0.15) is 5.00 Å². The maximum absolute atomic E-state index is 11.8. The van der Waals surface area contributed by atoms with Gasteiger partial charge in [0.25, 0.3) is 0 Å². The average Bonchev–Trinajstić information content (AvgIpc) is 2.73. The van der Waals surface area contributed by atoms with E-state index in [-0.39, 0.29) is 11.6 Å². The molecule has 0 aliphatic heterocycles. The van der Waals surface area contributed by atoms with Crippen LogP contribution in [-0.2, 0) is 0 Å². The molecule has 0 aromatic carbocycles. The quantitative estimate of drug-likeness (QED) is 0.850. The van der Waals surface area contributed by atoms with Crippen LogP contribution in [0.25, 0.3) is 0 Å². The van der Waals surface area contributed by atoms with Crippen molar-refractivity contribution in [1.82, 2.24) is 9.80 Å². The number of rotatable bonds is 5. The van der Waals surface area contributed by atoms with E-state index in [0.717, 1.165) is 6.54 Å². The summed E-state index contributed by atoms with van der Waals surface area (Å²) in [5.74, 6) is -1.04. The summed E-state index contributed by atoms with van der Waals surface area (Å²) in [7, 11) is 5.52. The summed E-state index contributed by atoms with van der Waals surface area (Å²) in [6.45, 7) is 1.33. The van der Waals surface area contributed by atoms with Crippen molar-refractivity contribution < 1.29 is 14.7 Å². The molecule has 0 saturated carbocycles. The fourth-order valence-corrected chi connectivity index (χ4v) is 1.99. The summed E-state index contributed by atoms with van der Waals surface area (Å²) in [5, 5.41) is 13.5. The standard InChI is InChI=1S/C11H17N3O3S/c1-13(2)5-6-14(3)11(17)12-9-8(10(15)16)4-7-18-9/h4,7H,5-6H2,1-3H3,(H,12,17)(H,15,16). The van der Waals surface area contributed by atoms with E-state index in [9.17, 15) is 9.59 Å². The maximum Gasteiger partial charge on any atom is 0.338 e. The highest BCUT2D eigenvalue weighted by Crippen LogP contribution is 2.23. The van der Waals surface area contributed by atoms with E-state index in [1.165, 1.54) is 22.3 Å². The van der Waals surface area contributed by atoms with Gasteiger partial charge in [0.15, 0.2) is 0 Å². The van der Waals surface area contributed by atoms with E-state index >= 15 is 0 Å². The third-order valence-electron chi connectivity index (χ3n) is 2.35. The van der Waals surface area contributed by atoms with E-state index in [1.54, 1.807) is 12.4 Å². The third-order valence-corrected chi connectivity index (χ3v) is 3.18. The molecule has 2 amide bonds. The summed E-state index contributed by atoms with van der Waals surface area (Å²) < 4.78 is 0. The molecule has 0 bridgehead atoms. The molecular formula is C11H17N3O3S. The van der Waals surface area contributed by atoms with Crippen LogP contribution in [0.4, 0.5) is 9.80 Å². The molecule has 1 heterocycles. The molecule has 0 atom stereocenters. The van der Waals surface area contributed by atoms with E-state index in [1.807, 2.05) is 19.0 Å². The number of nitrogens with zero attached hydrogens (tertiary/aromatic N) is 2. The van der Waals surface area contributed by atoms with Crippen molar-refractivity contribution in [2.75, 3.05) is 39.5 Å². The van der Waals surface area contributed by atoms with Crippen LogP contribution >= 0.6 is 11.3 Å². The van der Waals surface area contributed by atoms with Crippen LogP contribution in [0.5, 0.6) is 0 Å². The lowest BCUT2D eigenvalue weighted by molar-refractivity contribution is 0.0698. The van der Waals surface area contributed by atoms with Gasteiger partial charge in [-0.25, -0.2) is 9.59 Å². The molecule has 2 N–H and O–H groups in total. The van der Waals surface area contributed by atoms with E-state index in [2.05, 4.69) is 5.32 Å². The highest BCUT2D eigenvalue weighted by atomic mass is 32.1. The van der Waals surface area contributed by atoms with Gasteiger partial charge in [-0.05, 0) is 25.5 Å². The molecule has 6 nitrogen and oxygen atoms in total. The molecule has 1 aromatic rings. The average molecular weight is 271 g/mol. The minimum atomic E-state index is -1.04. The van der Waals surface area contributed by atoms with Crippen molar-refractivity contribution >= 4 is 28.3 Å². The molecule has 1 rings (SSSR count). The van der Waals surface area contributed by atoms with Crippen LogP contribution in [0.1, 0.15) is 10.4 Å².